The van der Waals surface area contributed by atoms with Gasteiger partial charge in [0.25, 0.3) is 0 Å². The Bertz CT molecular complexity index is 475. The van der Waals surface area contributed by atoms with Gasteiger partial charge >= 0.3 is 0 Å². The molecule has 0 atom stereocenters. The maximum Gasteiger partial charge on any atom is 0.230 e. The van der Waals surface area contributed by atoms with Gasteiger partial charge < -0.3 is 10.4 Å². The lowest BCUT2D eigenvalue weighted by molar-refractivity contribution is -0.124. The van der Waals surface area contributed by atoms with Crippen LogP contribution in [0.1, 0.15) is 31.2 Å². The fourth-order valence-electron chi connectivity index (χ4n) is 2.81. The molecule has 2 aliphatic rings. The van der Waals surface area contributed by atoms with Crippen LogP contribution in [-0.4, -0.2) is 23.7 Å². The fraction of sp³-hybridized carbons (Fsp3) is 0.533. The molecule has 102 valence electrons. The predicted molar refractivity (Wildman–Crippen MR) is 69.1 cm³/mol. The molecule has 2 N–H and O–H groups in total. The third kappa shape index (κ3) is 2.37. The van der Waals surface area contributed by atoms with Crippen LogP contribution in [0.4, 0.5) is 4.39 Å². The third-order valence-corrected chi connectivity index (χ3v) is 4.34. The first-order chi connectivity index (χ1) is 9.10. The summed E-state index contributed by atoms with van der Waals surface area (Å²) in [5, 5.41) is 12.2. The van der Waals surface area contributed by atoms with Crippen molar-refractivity contribution in [3.63, 3.8) is 0 Å². The molecule has 0 heterocycles. The Hall–Kier alpha value is -1.42. The smallest absolute Gasteiger partial charge is 0.230 e. The van der Waals surface area contributed by atoms with E-state index in [-0.39, 0.29) is 17.8 Å². The van der Waals surface area contributed by atoms with Crippen LogP contribution in [0.15, 0.2) is 24.3 Å². The minimum Gasteiger partial charge on any atom is -0.393 e. The number of hydrogen-bond acceptors (Lipinski definition) is 2. The van der Waals surface area contributed by atoms with Crippen LogP contribution in [0.3, 0.4) is 0 Å². The highest BCUT2D eigenvalue weighted by Crippen LogP contribution is 2.48. The van der Waals surface area contributed by atoms with Gasteiger partial charge in [0.05, 0.1) is 11.5 Å². The van der Waals surface area contributed by atoms with Crippen molar-refractivity contribution >= 4 is 5.91 Å². The van der Waals surface area contributed by atoms with Crippen LogP contribution >= 0.6 is 0 Å². The molecule has 3 rings (SSSR count). The summed E-state index contributed by atoms with van der Waals surface area (Å²) in [6.07, 6.45) is 3.04. The van der Waals surface area contributed by atoms with Crippen molar-refractivity contribution in [3.8, 4) is 0 Å². The molecule has 2 fully saturated rings. The summed E-state index contributed by atoms with van der Waals surface area (Å²) in [4.78, 5) is 12.3. The standard InChI is InChI=1S/C15H18FNO2/c16-12-3-1-11(2-4-12)15(5-6-15)14(19)17-9-10-7-13(18)8-10/h1-4,10,13,18H,5-9H2,(H,17,19). The average molecular weight is 263 g/mol. The van der Waals surface area contributed by atoms with Crippen molar-refractivity contribution in [1.82, 2.24) is 5.32 Å². The van der Waals surface area contributed by atoms with Crippen molar-refractivity contribution in [1.29, 1.82) is 0 Å². The number of nitrogens with one attached hydrogen (secondary N) is 1. The summed E-state index contributed by atoms with van der Waals surface area (Å²) < 4.78 is 12.9. The Morgan fingerprint density at radius 2 is 1.95 bits per heavy atom. The van der Waals surface area contributed by atoms with Gasteiger partial charge in [0.1, 0.15) is 5.82 Å². The van der Waals surface area contributed by atoms with E-state index in [4.69, 9.17) is 0 Å². The summed E-state index contributed by atoms with van der Waals surface area (Å²) in [6, 6.07) is 6.22. The van der Waals surface area contributed by atoms with E-state index in [1.165, 1.54) is 12.1 Å². The van der Waals surface area contributed by atoms with Crippen LogP contribution in [-0.2, 0) is 10.2 Å². The monoisotopic (exact) mass is 263 g/mol. The van der Waals surface area contributed by atoms with Crippen LogP contribution < -0.4 is 5.32 Å². The minimum absolute atomic E-state index is 0.0421. The molecule has 0 aliphatic heterocycles. The number of hydrogen-bond donors (Lipinski definition) is 2. The number of rotatable bonds is 4. The Morgan fingerprint density at radius 1 is 1.32 bits per heavy atom. The van der Waals surface area contributed by atoms with E-state index < -0.39 is 5.41 Å². The van der Waals surface area contributed by atoms with E-state index in [1.807, 2.05) is 0 Å². The van der Waals surface area contributed by atoms with Crippen molar-refractivity contribution in [2.24, 2.45) is 5.92 Å². The maximum atomic E-state index is 12.9. The van der Waals surface area contributed by atoms with E-state index >= 15 is 0 Å². The SMILES string of the molecule is O=C(NCC1CC(O)C1)C1(c2ccc(F)cc2)CC1. The second-order valence-electron chi connectivity index (χ2n) is 5.79. The van der Waals surface area contributed by atoms with Crippen molar-refractivity contribution in [2.75, 3.05) is 6.54 Å². The number of halogens is 1. The number of aliphatic hydroxyl groups excluding tert-OH is 1. The van der Waals surface area contributed by atoms with Gasteiger partial charge in [0, 0.05) is 6.54 Å². The first-order valence-corrected chi connectivity index (χ1v) is 6.82. The molecule has 0 unspecified atom stereocenters. The van der Waals surface area contributed by atoms with Crippen molar-refractivity contribution < 1.29 is 14.3 Å². The number of benzene rings is 1. The lowest BCUT2D eigenvalue weighted by Crippen LogP contribution is -2.42. The normalized spacial score (nSPS) is 27.5. The Balaban J connectivity index is 1.61. The molecule has 0 bridgehead atoms. The Kier molecular flexibility index (Phi) is 3.05. The summed E-state index contributed by atoms with van der Waals surface area (Å²) in [5.41, 5.74) is 0.468. The average Bonchev–Trinajstić information content (AvgIpc) is 3.15. The fourth-order valence-corrected chi connectivity index (χ4v) is 2.81. The summed E-state index contributed by atoms with van der Waals surface area (Å²) >= 11 is 0. The minimum atomic E-state index is -0.434. The molecule has 0 spiro atoms. The second kappa shape index (κ2) is 4.60. The maximum absolute atomic E-state index is 12.9. The lowest BCUT2D eigenvalue weighted by atomic mass is 9.82. The van der Waals surface area contributed by atoms with Crippen molar-refractivity contribution in [3.05, 3.63) is 35.6 Å². The molecule has 2 aliphatic carbocycles. The third-order valence-electron chi connectivity index (χ3n) is 4.34. The van der Waals surface area contributed by atoms with E-state index in [2.05, 4.69) is 5.32 Å². The highest BCUT2D eigenvalue weighted by molar-refractivity contribution is 5.91. The van der Waals surface area contributed by atoms with E-state index in [1.54, 1.807) is 12.1 Å². The highest BCUT2D eigenvalue weighted by Gasteiger charge is 2.51. The van der Waals surface area contributed by atoms with Crippen LogP contribution in [0.25, 0.3) is 0 Å². The Morgan fingerprint density at radius 3 is 2.47 bits per heavy atom. The zero-order valence-electron chi connectivity index (χ0n) is 10.7. The molecular formula is C15H18FNO2. The number of amides is 1. The Labute approximate surface area is 111 Å². The molecule has 1 amide bonds. The zero-order chi connectivity index (χ0) is 13.5. The van der Waals surface area contributed by atoms with E-state index in [9.17, 15) is 14.3 Å². The molecule has 4 heteroatoms. The number of carbonyl (C=O) groups excluding carboxylic acids is 1. The zero-order valence-corrected chi connectivity index (χ0v) is 10.7. The number of aliphatic hydroxyl groups is 1. The predicted octanol–water partition coefficient (Wildman–Crippen LogP) is 1.74. The summed E-state index contributed by atoms with van der Waals surface area (Å²) in [6.45, 7) is 0.638. The van der Waals surface area contributed by atoms with E-state index in [0.29, 0.717) is 12.5 Å². The first kappa shape index (κ1) is 12.6. The van der Waals surface area contributed by atoms with Gasteiger partial charge in [-0.05, 0) is 49.3 Å². The summed E-state index contributed by atoms with van der Waals surface area (Å²) in [5.74, 6) is 0.173. The largest absolute Gasteiger partial charge is 0.393 e. The topological polar surface area (TPSA) is 49.3 Å². The number of carbonyl (C=O) groups is 1. The molecule has 2 saturated carbocycles. The van der Waals surface area contributed by atoms with Crippen LogP contribution in [0.2, 0.25) is 0 Å². The highest BCUT2D eigenvalue weighted by atomic mass is 19.1. The molecule has 19 heavy (non-hydrogen) atoms. The lowest BCUT2D eigenvalue weighted by Gasteiger charge is -2.31. The quantitative estimate of drug-likeness (QED) is 0.869. The van der Waals surface area contributed by atoms with Gasteiger partial charge in [0.15, 0.2) is 0 Å². The molecule has 0 aromatic heterocycles. The van der Waals surface area contributed by atoms with Crippen LogP contribution in [0, 0.1) is 11.7 Å². The second-order valence-corrected chi connectivity index (χ2v) is 5.79. The van der Waals surface area contributed by atoms with Gasteiger partial charge in [-0.3, -0.25) is 4.79 Å². The van der Waals surface area contributed by atoms with Gasteiger partial charge in [0.2, 0.25) is 5.91 Å². The van der Waals surface area contributed by atoms with Gasteiger partial charge in [-0.15, -0.1) is 0 Å². The molecule has 0 saturated heterocycles. The van der Waals surface area contributed by atoms with Gasteiger partial charge in [-0.1, -0.05) is 12.1 Å². The van der Waals surface area contributed by atoms with Gasteiger partial charge in [-0.2, -0.15) is 0 Å². The first-order valence-electron chi connectivity index (χ1n) is 6.82. The van der Waals surface area contributed by atoms with Gasteiger partial charge in [-0.25, -0.2) is 4.39 Å². The molecule has 3 nitrogen and oxygen atoms in total. The molecular weight excluding hydrogens is 245 g/mol. The molecule has 1 aromatic rings. The van der Waals surface area contributed by atoms with E-state index in [0.717, 1.165) is 31.2 Å². The van der Waals surface area contributed by atoms with Crippen molar-refractivity contribution in [2.45, 2.75) is 37.2 Å². The van der Waals surface area contributed by atoms with Crippen LogP contribution in [0.5, 0.6) is 0 Å². The summed E-state index contributed by atoms with van der Waals surface area (Å²) in [7, 11) is 0. The molecule has 0 radical (unpaired) electrons. The molecule has 1 aromatic carbocycles.